The fourth-order valence-corrected chi connectivity index (χ4v) is 2.52. The molecule has 0 unspecified atom stereocenters. The Bertz CT molecular complexity index is 939. The maximum atomic E-state index is 12.3. The van der Waals surface area contributed by atoms with Crippen LogP contribution < -0.4 is 10.9 Å². The lowest BCUT2D eigenvalue weighted by Gasteiger charge is -2.08. The SMILES string of the molecule is Cc1cccc(-n2ncc(C(=O)NNC(=O)c3ccoc3C)c2C)c1. The van der Waals surface area contributed by atoms with Crippen molar-refractivity contribution >= 4 is 11.8 Å². The Morgan fingerprint density at radius 1 is 1.04 bits per heavy atom. The molecule has 0 aliphatic heterocycles. The molecule has 1 aromatic carbocycles. The van der Waals surface area contributed by atoms with Gasteiger partial charge in [-0.3, -0.25) is 20.4 Å². The lowest BCUT2D eigenvalue weighted by Crippen LogP contribution is -2.41. The molecular weight excluding hydrogens is 320 g/mol. The molecule has 2 amide bonds. The molecule has 7 nitrogen and oxygen atoms in total. The summed E-state index contributed by atoms with van der Waals surface area (Å²) in [6.07, 6.45) is 2.89. The fourth-order valence-electron chi connectivity index (χ4n) is 2.52. The van der Waals surface area contributed by atoms with Gasteiger partial charge in [0.1, 0.15) is 5.76 Å². The first kappa shape index (κ1) is 16.5. The summed E-state index contributed by atoms with van der Waals surface area (Å²) in [4.78, 5) is 24.3. The van der Waals surface area contributed by atoms with Crippen molar-refractivity contribution in [3.05, 3.63) is 70.9 Å². The molecule has 0 bridgehead atoms. The zero-order valence-electron chi connectivity index (χ0n) is 14.2. The predicted molar refractivity (Wildman–Crippen MR) is 91.4 cm³/mol. The van der Waals surface area contributed by atoms with Crippen molar-refractivity contribution in [2.75, 3.05) is 0 Å². The molecule has 2 heterocycles. The Morgan fingerprint density at radius 3 is 2.40 bits per heavy atom. The molecule has 7 heteroatoms. The largest absolute Gasteiger partial charge is 0.469 e. The van der Waals surface area contributed by atoms with Gasteiger partial charge < -0.3 is 4.42 Å². The molecule has 2 N–H and O–H groups in total. The van der Waals surface area contributed by atoms with Crippen LogP contribution >= 0.6 is 0 Å². The van der Waals surface area contributed by atoms with Crippen molar-refractivity contribution in [1.29, 1.82) is 0 Å². The monoisotopic (exact) mass is 338 g/mol. The molecule has 0 radical (unpaired) electrons. The van der Waals surface area contributed by atoms with Gasteiger partial charge in [0, 0.05) is 0 Å². The normalized spacial score (nSPS) is 10.5. The number of furan rings is 1. The Balaban J connectivity index is 1.73. The third-order valence-corrected chi connectivity index (χ3v) is 3.89. The van der Waals surface area contributed by atoms with Gasteiger partial charge in [-0.15, -0.1) is 0 Å². The van der Waals surface area contributed by atoms with Gasteiger partial charge in [-0.1, -0.05) is 12.1 Å². The van der Waals surface area contributed by atoms with Crippen molar-refractivity contribution in [3.63, 3.8) is 0 Å². The van der Waals surface area contributed by atoms with Gasteiger partial charge in [-0.05, 0) is 44.5 Å². The number of rotatable bonds is 3. The summed E-state index contributed by atoms with van der Waals surface area (Å²) in [6, 6.07) is 9.35. The number of hydrogen-bond donors (Lipinski definition) is 2. The van der Waals surface area contributed by atoms with E-state index in [1.807, 2.05) is 31.2 Å². The molecule has 0 saturated heterocycles. The van der Waals surface area contributed by atoms with Crippen LogP contribution in [0, 0.1) is 20.8 Å². The first-order chi connectivity index (χ1) is 12.0. The molecule has 0 aliphatic carbocycles. The van der Waals surface area contributed by atoms with Gasteiger partial charge in [0.25, 0.3) is 11.8 Å². The van der Waals surface area contributed by atoms with Crippen LogP contribution in [0.4, 0.5) is 0 Å². The molecule has 0 atom stereocenters. The third kappa shape index (κ3) is 3.30. The van der Waals surface area contributed by atoms with E-state index in [9.17, 15) is 9.59 Å². The van der Waals surface area contributed by atoms with E-state index < -0.39 is 11.8 Å². The number of carbonyl (C=O) groups excluding carboxylic acids is 2. The molecular formula is C18H18N4O3. The van der Waals surface area contributed by atoms with Crippen molar-refractivity contribution in [1.82, 2.24) is 20.6 Å². The summed E-state index contributed by atoms with van der Waals surface area (Å²) in [5, 5.41) is 4.27. The number of amides is 2. The van der Waals surface area contributed by atoms with Crippen LogP contribution in [0.25, 0.3) is 5.69 Å². The minimum absolute atomic E-state index is 0.368. The topological polar surface area (TPSA) is 89.2 Å². The Morgan fingerprint density at radius 2 is 1.76 bits per heavy atom. The highest BCUT2D eigenvalue weighted by Crippen LogP contribution is 2.15. The van der Waals surface area contributed by atoms with E-state index in [4.69, 9.17) is 4.42 Å². The standard InChI is InChI=1S/C18H18N4O3/c1-11-5-4-6-14(9-11)22-12(2)16(10-19-22)18(24)21-20-17(23)15-7-8-25-13(15)3/h4-10H,1-3H3,(H,20,23)(H,21,24). The van der Waals surface area contributed by atoms with Crippen LogP contribution in [0.15, 0.2) is 47.2 Å². The highest BCUT2D eigenvalue weighted by Gasteiger charge is 2.17. The summed E-state index contributed by atoms with van der Waals surface area (Å²) in [5.41, 5.74) is 8.17. The summed E-state index contributed by atoms with van der Waals surface area (Å²) < 4.78 is 6.76. The average Bonchev–Trinajstić information content (AvgIpc) is 3.18. The van der Waals surface area contributed by atoms with Crippen LogP contribution in [0.5, 0.6) is 0 Å². The molecule has 3 aromatic rings. The second-order valence-electron chi connectivity index (χ2n) is 5.69. The summed E-state index contributed by atoms with van der Waals surface area (Å²) >= 11 is 0. The summed E-state index contributed by atoms with van der Waals surface area (Å²) in [6.45, 7) is 5.46. The number of hydrazine groups is 1. The number of carbonyl (C=O) groups is 2. The van der Waals surface area contributed by atoms with Crippen LogP contribution in [-0.2, 0) is 0 Å². The number of nitrogens with zero attached hydrogens (tertiary/aromatic N) is 2. The molecule has 2 aromatic heterocycles. The number of benzene rings is 1. The molecule has 3 rings (SSSR count). The average molecular weight is 338 g/mol. The minimum atomic E-state index is -0.441. The van der Waals surface area contributed by atoms with E-state index in [0.717, 1.165) is 11.3 Å². The lowest BCUT2D eigenvalue weighted by atomic mass is 10.2. The van der Waals surface area contributed by atoms with E-state index >= 15 is 0 Å². The summed E-state index contributed by atoms with van der Waals surface area (Å²) in [7, 11) is 0. The smallest absolute Gasteiger partial charge is 0.273 e. The van der Waals surface area contributed by atoms with Gasteiger partial charge in [-0.2, -0.15) is 5.10 Å². The molecule has 25 heavy (non-hydrogen) atoms. The fraction of sp³-hybridized carbons (Fsp3) is 0.167. The highest BCUT2D eigenvalue weighted by atomic mass is 16.3. The first-order valence-electron chi connectivity index (χ1n) is 7.74. The van der Waals surface area contributed by atoms with Crippen LogP contribution in [-0.4, -0.2) is 21.6 Å². The summed E-state index contributed by atoms with van der Waals surface area (Å²) in [5.74, 6) is -0.399. The van der Waals surface area contributed by atoms with Crippen molar-refractivity contribution in [2.45, 2.75) is 20.8 Å². The maximum Gasteiger partial charge on any atom is 0.273 e. The molecule has 0 saturated carbocycles. The van der Waals surface area contributed by atoms with Gasteiger partial charge in [0.15, 0.2) is 0 Å². The zero-order chi connectivity index (χ0) is 18.0. The van der Waals surface area contributed by atoms with E-state index in [-0.39, 0.29) is 0 Å². The quantitative estimate of drug-likeness (QED) is 0.718. The van der Waals surface area contributed by atoms with Crippen molar-refractivity contribution < 1.29 is 14.0 Å². The van der Waals surface area contributed by atoms with E-state index in [0.29, 0.717) is 22.6 Å². The number of aryl methyl sites for hydroxylation is 2. The highest BCUT2D eigenvalue weighted by molar-refractivity contribution is 5.99. The zero-order valence-corrected chi connectivity index (χ0v) is 14.2. The van der Waals surface area contributed by atoms with Gasteiger partial charge >= 0.3 is 0 Å². The second-order valence-corrected chi connectivity index (χ2v) is 5.69. The number of nitrogens with one attached hydrogen (secondary N) is 2. The molecule has 128 valence electrons. The Kier molecular flexibility index (Phi) is 4.38. The van der Waals surface area contributed by atoms with Crippen LogP contribution in [0.3, 0.4) is 0 Å². The van der Waals surface area contributed by atoms with E-state index in [2.05, 4.69) is 16.0 Å². The van der Waals surface area contributed by atoms with Gasteiger partial charge in [0.2, 0.25) is 0 Å². The van der Waals surface area contributed by atoms with Gasteiger partial charge in [0.05, 0.1) is 35.0 Å². The second kappa shape index (κ2) is 6.64. The number of hydrogen-bond acceptors (Lipinski definition) is 4. The lowest BCUT2D eigenvalue weighted by molar-refractivity contribution is 0.0845. The van der Waals surface area contributed by atoms with Crippen molar-refractivity contribution in [3.8, 4) is 5.69 Å². The van der Waals surface area contributed by atoms with Crippen LogP contribution in [0.1, 0.15) is 37.7 Å². The van der Waals surface area contributed by atoms with Crippen molar-refractivity contribution in [2.24, 2.45) is 0 Å². The first-order valence-corrected chi connectivity index (χ1v) is 7.74. The molecule has 0 fully saturated rings. The minimum Gasteiger partial charge on any atom is -0.469 e. The maximum absolute atomic E-state index is 12.3. The molecule has 0 aliphatic rings. The molecule has 0 spiro atoms. The Hall–Kier alpha value is -3.35. The third-order valence-electron chi connectivity index (χ3n) is 3.89. The Labute approximate surface area is 144 Å². The van der Waals surface area contributed by atoms with E-state index in [1.54, 1.807) is 18.5 Å². The number of aromatic nitrogens is 2. The van der Waals surface area contributed by atoms with Crippen LogP contribution in [0.2, 0.25) is 0 Å². The van der Waals surface area contributed by atoms with E-state index in [1.165, 1.54) is 18.5 Å². The predicted octanol–water partition coefficient (Wildman–Crippen LogP) is 2.47. The van der Waals surface area contributed by atoms with Gasteiger partial charge in [-0.25, -0.2) is 4.68 Å².